The molecule has 140 valence electrons. The van der Waals surface area contributed by atoms with E-state index in [1.807, 2.05) is 13.8 Å². The molecule has 6 nitrogen and oxygen atoms in total. The minimum absolute atomic E-state index is 0.0974. The highest BCUT2D eigenvalue weighted by atomic mass is 127. The lowest BCUT2D eigenvalue weighted by Crippen LogP contribution is -2.41. The van der Waals surface area contributed by atoms with Crippen LogP contribution < -0.4 is 10.6 Å². The van der Waals surface area contributed by atoms with E-state index in [0.29, 0.717) is 19.4 Å². The van der Waals surface area contributed by atoms with Crippen molar-refractivity contribution in [1.29, 1.82) is 0 Å². The Morgan fingerprint density at radius 2 is 1.67 bits per heavy atom. The fourth-order valence-electron chi connectivity index (χ4n) is 3.11. The van der Waals surface area contributed by atoms with Crippen LogP contribution in [0.25, 0.3) is 0 Å². The van der Waals surface area contributed by atoms with Gasteiger partial charge in [-0.1, -0.05) is 36.4 Å². The highest BCUT2D eigenvalue weighted by Gasteiger charge is 2.75. The molecule has 0 aromatic carbocycles. The second-order valence-corrected chi connectivity index (χ2v) is 10.5. The molecule has 0 aromatic heterocycles. The number of fused-ring (bicyclic) bond motifs is 1. The number of esters is 1. The van der Waals surface area contributed by atoms with Gasteiger partial charge in [-0.15, -0.1) is 0 Å². The Balaban J connectivity index is 1.88. The highest BCUT2D eigenvalue weighted by Crippen LogP contribution is 2.44. The third-order valence-electron chi connectivity index (χ3n) is 4.81. The Labute approximate surface area is 158 Å². The van der Waals surface area contributed by atoms with E-state index in [2.05, 4.69) is 33.2 Å². The number of aliphatic hydroxyl groups is 2. The van der Waals surface area contributed by atoms with Gasteiger partial charge in [-0.2, -0.15) is 0 Å². The van der Waals surface area contributed by atoms with Crippen molar-refractivity contribution in [3.05, 3.63) is 0 Å². The third-order valence-corrected chi connectivity index (χ3v) is 6.30. The number of carbonyl (C=O) groups is 1. The topological polar surface area (TPSA) is 111 Å². The predicted molar refractivity (Wildman–Crippen MR) is 101 cm³/mol. The highest BCUT2D eigenvalue weighted by molar-refractivity contribution is 14.1. The third kappa shape index (κ3) is 5.03. The Hall–Kier alpha value is 0.0400. The number of ether oxygens (including phenoxy) is 1. The smallest absolute Gasteiger partial charge is 0.322 e. The molecule has 0 amide bonds. The van der Waals surface area contributed by atoms with Crippen molar-refractivity contribution in [2.45, 2.75) is 81.3 Å². The molecule has 2 rings (SSSR count). The predicted octanol–water partition coefficient (Wildman–Crippen LogP) is 1.53. The van der Waals surface area contributed by atoms with Crippen molar-refractivity contribution in [3.8, 4) is 0 Å². The summed E-state index contributed by atoms with van der Waals surface area (Å²) in [6.07, 6.45) is 1.41. The fraction of sp³-hybridized carbons (Fsp3) is 0.941. The Morgan fingerprint density at radius 1 is 1.17 bits per heavy atom. The maximum atomic E-state index is 12.2. The molecule has 0 aliphatic carbocycles. The van der Waals surface area contributed by atoms with Gasteiger partial charge in [-0.05, 0) is 51.9 Å². The van der Waals surface area contributed by atoms with Crippen LogP contribution in [0.1, 0.15) is 54.4 Å². The standard InChI is InChI=1S/C17H31IN2O4/c1-14(2,7-10(16(5,6)23)8-15(3,4)22)9-24-12(21)11(18)17-13(19-17)20-17/h10-11,13,19-20,22-23H,7-9H2,1-6H3. The molecule has 2 aliphatic heterocycles. The summed E-state index contributed by atoms with van der Waals surface area (Å²) in [7, 11) is 0. The molecule has 4 N–H and O–H groups in total. The summed E-state index contributed by atoms with van der Waals surface area (Å²) in [6, 6.07) is 0. The van der Waals surface area contributed by atoms with Crippen LogP contribution in [0.4, 0.5) is 0 Å². The second kappa shape index (κ2) is 6.33. The fourth-order valence-corrected chi connectivity index (χ4v) is 4.01. The number of hydrogen-bond acceptors (Lipinski definition) is 6. The Kier molecular flexibility index (Phi) is 5.37. The van der Waals surface area contributed by atoms with E-state index in [1.54, 1.807) is 27.7 Å². The van der Waals surface area contributed by atoms with Gasteiger partial charge in [0.05, 0.1) is 24.0 Å². The maximum absolute atomic E-state index is 12.2. The first-order valence-electron chi connectivity index (χ1n) is 8.47. The Bertz CT molecular complexity index is 490. The van der Waals surface area contributed by atoms with Crippen LogP contribution in [0.3, 0.4) is 0 Å². The molecule has 0 radical (unpaired) electrons. The number of nitrogens with one attached hydrogen (secondary N) is 2. The summed E-state index contributed by atoms with van der Waals surface area (Å²) in [4.78, 5) is 12.2. The Morgan fingerprint density at radius 3 is 2.04 bits per heavy atom. The molecule has 2 unspecified atom stereocenters. The quantitative estimate of drug-likeness (QED) is 0.182. The van der Waals surface area contributed by atoms with Crippen LogP contribution in [-0.2, 0) is 9.53 Å². The zero-order chi connectivity index (χ0) is 18.6. The normalized spacial score (nSPS) is 28.8. The summed E-state index contributed by atoms with van der Waals surface area (Å²) in [5, 5.41) is 26.9. The van der Waals surface area contributed by atoms with Gasteiger partial charge in [0.2, 0.25) is 0 Å². The number of rotatable bonds is 9. The zero-order valence-electron chi connectivity index (χ0n) is 15.4. The summed E-state index contributed by atoms with van der Waals surface area (Å²) in [6.45, 7) is 11.4. The number of hydrogen-bond donors (Lipinski definition) is 4. The monoisotopic (exact) mass is 454 g/mol. The molecule has 2 heterocycles. The average molecular weight is 454 g/mol. The van der Waals surface area contributed by atoms with Crippen LogP contribution in [0, 0.1) is 11.3 Å². The van der Waals surface area contributed by atoms with E-state index in [0.717, 1.165) is 0 Å². The van der Waals surface area contributed by atoms with Crippen LogP contribution in [-0.4, -0.2) is 49.7 Å². The van der Waals surface area contributed by atoms with Gasteiger partial charge in [-0.25, -0.2) is 0 Å². The van der Waals surface area contributed by atoms with Gasteiger partial charge in [0.25, 0.3) is 0 Å². The van der Waals surface area contributed by atoms with Crippen molar-refractivity contribution in [3.63, 3.8) is 0 Å². The van der Waals surface area contributed by atoms with Crippen molar-refractivity contribution < 1.29 is 19.7 Å². The molecule has 0 saturated carbocycles. The minimum Gasteiger partial charge on any atom is -0.464 e. The molecule has 2 atom stereocenters. The molecular formula is C17H31IN2O4. The van der Waals surface area contributed by atoms with E-state index in [1.165, 1.54) is 0 Å². The van der Waals surface area contributed by atoms with Crippen molar-refractivity contribution in [2.75, 3.05) is 6.61 Å². The van der Waals surface area contributed by atoms with E-state index < -0.39 is 11.2 Å². The van der Waals surface area contributed by atoms with Gasteiger partial charge in [-0.3, -0.25) is 15.4 Å². The number of carbonyl (C=O) groups excluding carboxylic acids is 1. The molecular weight excluding hydrogens is 423 g/mol. The van der Waals surface area contributed by atoms with E-state index in [9.17, 15) is 15.0 Å². The largest absolute Gasteiger partial charge is 0.464 e. The molecule has 2 fully saturated rings. The van der Waals surface area contributed by atoms with Crippen LogP contribution in [0.15, 0.2) is 0 Å². The molecule has 2 aliphatic rings. The van der Waals surface area contributed by atoms with E-state index in [-0.39, 0.29) is 33.1 Å². The first-order chi connectivity index (χ1) is 10.7. The molecule has 0 spiro atoms. The van der Waals surface area contributed by atoms with Gasteiger partial charge >= 0.3 is 5.97 Å². The summed E-state index contributed by atoms with van der Waals surface area (Å²) < 4.78 is 5.30. The SMILES string of the molecule is CC(C)(O)CC(CC(C)(C)COC(=O)C(I)C12NC1N2)C(C)(C)O. The number of alkyl halides is 1. The minimum atomic E-state index is -0.908. The van der Waals surface area contributed by atoms with Crippen molar-refractivity contribution in [2.24, 2.45) is 11.3 Å². The van der Waals surface area contributed by atoms with Crippen molar-refractivity contribution in [1.82, 2.24) is 10.6 Å². The molecule has 0 aromatic rings. The zero-order valence-corrected chi connectivity index (χ0v) is 17.6. The summed E-state index contributed by atoms with van der Waals surface area (Å²) in [5.74, 6) is -0.314. The van der Waals surface area contributed by atoms with Crippen LogP contribution in [0.2, 0.25) is 0 Å². The van der Waals surface area contributed by atoms with Crippen molar-refractivity contribution >= 4 is 28.6 Å². The summed E-state index contributed by atoms with van der Waals surface area (Å²) >= 11 is 2.11. The van der Waals surface area contributed by atoms with Gasteiger partial charge < -0.3 is 14.9 Å². The maximum Gasteiger partial charge on any atom is 0.322 e. The first-order valence-corrected chi connectivity index (χ1v) is 9.72. The van der Waals surface area contributed by atoms with Crippen LogP contribution >= 0.6 is 22.6 Å². The molecule has 0 bridgehead atoms. The lowest BCUT2D eigenvalue weighted by molar-refractivity contribution is -0.147. The van der Waals surface area contributed by atoms with E-state index in [4.69, 9.17) is 4.74 Å². The van der Waals surface area contributed by atoms with Gasteiger partial charge in [0.1, 0.15) is 9.59 Å². The average Bonchev–Trinajstić information content (AvgIpc) is 3.20. The summed E-state index contributed by atoms with van der Waals surface area (Å²) in [5.41, 5.74) is -2.27. The number of halogens is 1. The van der Waals surface area contributed by atoms with Gasteiger partial charge in [0.15, 0.2) is 0 Å². The first kappa shape index (κ1) is 20.4. The lowest BCUT2D eigenvalue weighted by atomic mass is 9.73. The second-order valence-electron chi connectivity index (χ2n) is 9.30. The lowest BCUT2D eigenvalue weighted by Gasteiger charge is -2.38. The van der Waals surface area contributed by atoms with Gasteiger partial charge in [0, 0.05) is 0 Å². The molecule has 2 saturated heterocycles. The van der Waals surface area contributed by atoms with E-state index >= 15 is 0 Å². The molecule has 24 heavy (non-hydrogen) atoms. The van der Waals surface area contributed by atoms with Crippen LogP contribution in [0.5, 0.6) is 0 Å². The molecule has 7 heteroatoms.